The van der Waals surface area contributed by atoms with Crippen LogP contribution in [0.5, 0.6) is 5.75 Å². The fraction of sp³-hybridized carbons (Fsp3) is 0.118. The number of esters is 1. The molecule has 5 nitrogen and oxygen atoms in total. The highest BCUT2D eigenvalue weighted by atomic mass is 32.1. The molecule has 0 aliphatic carbocycles. The van der Waals surface area contributed by atoms with Gasteiger partial charge in [0.25, 0.3) is 0 Å². The van der Waals surface area contributed by atoms with E-state index in [-0.39, 0.29) is 12.4 Å². The Balaban J connectivity index is 1.66. The molecule has 6 heteroatoms. The smallest absolute Gasteiger partial charge is 0.316 e. The molecule has 0 aliphatic rings. The quantitative estimate of drug-likeness (QED) is 0.572. The van der Waals surface area contributed by atoms with Crippen molar-refractivity contribution in [3.05, 3.63) is 64.7 Å². The third-order valence-corrected chi connectivity index (χ3v) is 3.92. The first kappa shape index (κ1) is 15.2. The van der Waals surface area contributed by atoms with Gasteiger partial charge in [-0.2, -0.15) is 0 Å². The van der Waals surface area contributed by atoms with Crippen molar-refractivity contribution in [3.8, 4) is 5.75 Å². The average molecular weight is 325 g/mol. The van der Waals surface area contributed by atoms with Crippen LogP contribution in [0.3, 0.4) is 0 Å². The largest absolute Gasteiger partial charge is 0.426 e. The van der Waals surface area contributed by atoms with Crippen molar-refractivity contribution >= 4 is 28.8 Å². The topological polar surface area (TPSA) is 64.1 Å². The molecular formula is C17H15N3O2S. The Labute approximate surface area is 138 Å². The molecule has 0 spiro atoms. The molecular weight excluding hydrogens is 310 g/mol. The van der Waals surface area contributed by atoms with Crippen LogP contribution in [-0.4, -0.2) is 15.9 Å². The normalized spacial score (nSPS) is 10.3. The van der Waals surface area contributed by atoms with E-state index in [0.29, 0.717) is 11.6 Å². The number of aryl methyl sites for hydroxylation is 1. The van der Waals surface area contributed by atoms with Gasteiger partial charge in [-0.15, -0.1) is 11.3 Å². The Morgan fingerprint density at radius 3 is 2.91 bits per heavy atom. The van der Waals surface area contributed by atoms with Crippen molar-refractivity contribution in [2.75, 3.05) is 5.32 Å². The molecule has 1 aromatic carbocycles. The van der Waals surface area contributed by atoms with E-state index in [2.05, 4.69) is 15.3 Å². The van der Waals surface area contributed by atoms with Crippen molar-refractivity contribution in [1.29, 1.82) is 0 Å². The average Bonchev–Trinajstić information content (AvgIpc) is 3.00. The first-order valence-electron chi connectivity index (χ1n) is 7.08. The van der Waals surface area contributed by atoms with Crippen molar-refractivity contribution < 1.29 is 9.53 Å². The summed E-state index contributed by atoms with van der Waals surface area (Å²) in [5, 5.41) is 5.10. The second kappa shape index (κ2) is 7.02. The Morgan fingerprint density at radius 2 is 2.13 bits per heavy atom. The van der Waals surface area contributed by atoms with E-state index in [1.165, 1.54) is 6.33 Å². The summed E-state index contributed by atoms with van der Waals surface area (Å²) in [7, 11) is 0. The van der Waals surface area contributed by atoms with Crippen LogP contribution in [0.1, 0.15) is 10.6 Å². The number of hydrogen-bond donors (Lipinski definition) is 1. The lowest BCUT2D eigenvalue weighted by atomic mass is 10.3. The number of nitrogens with one attached hydrogen (secondary N) is 1. The van der Waals surface area contributed by atoms with E-state index in [1.54, 1.807) is 23.5 Å². The summed E-state index contributed by atoms with van der Waals surface area (Å²) in [6.45, 7) is 1.90. The van der Waals surface area contributed by atoms with E-state index in [1.807, 2.05) is 42.6 Å². The predicted molar refractivity (Wildman–Crippen MR) is 90.2 cm³/mol. The van der Waals surface area contributed by atoms with Gasteiger partial charge in [-0.3, -0.25) is 4.79 Å². The molecule has 3 aromatic rings. The lowest BCUT2D eigenvalue weighted by Gasteiger charge is -2.08. The monoisotopic (exact) mass is 325 g/mol. The van der Waals surface area contributed by atoms with Gasteiger partial charge in [0.1, 0.15) is 17.9 Å². The van der Waals surface area contributed by atoms with Gasteiger partial charge in [0.05, 0.1) is 6.42 Å². The van der Waals surface area contributed by atoms with E-state index in [0.717, 1.165) is 16.3 Å². The highest BCUT2D eigenvalue weighted by molar-refractivity contribution is 7.10. The molecule has 116 valence electrons. The molecule has 0 aliphatic heterocycles. The van der Waals surface area contributed by atoms with Crippen LogP contribution in [0.25, 0.3) is 0 Å². The molecule has 0 fully saturated rings. The summed E-state index contributed by atoms with van der Waals surface area (Å²) in [6.07, 6.45) is 1.78. The van der Waals surface area contributed by atoms with Crippen LogP contribution in [0.15, 0.2) is 54.2 Å². The number of carbonyl (C=O) groups is 1. The van der Waals surface area contributed by atoms with E-state index >= 15 is 0 Å². The summed E-state index contributed by atoms with van der Waals surface area (Å²) in [4.78, 5) is 21.1. The third kappa shape index (κ3) is 4.37. The number of aromatic nitrogens is 2. The molecule has 0 unspecified atom stereocenters. The highest BCUT2D eigenvalue weighted by Crippen LogP contribution is 2.21. The minimum absolute atomic E-state index is 0.275. The van der Waals surface area contributed by atoms with Crippen LogP contribution >= 0.6 is 11.3 Å². The SMILES string of the molecule is Cc1cc(Nc2cccc(OC(=O)Cc3cccs3)c2)ncn1. The zero-order chi connectivity index (χ0) is 16.1. The lowest BCUT2D eigenvalue weighted by molar-refractivity contribution is -0.133. The van der Waals surface area contributed by atoms with Crippen molar-refractivity contribution in [2.24, 2.45) is 0 Å². The lowest BCUT2D eigenvalue weighted by Crippen LogP contribution is -2.10. The van der Waals surface area contributed by atoms with Crippen LogP contribution in [0.4, 0.5) is 11.5 Å². The third-order valence-electron chi connectivity index (χ3n) is 3.04. The van der Waals surface area contributed by atoms with Crippen molar-refractivity contribution in [2.45, 2.75) is 13.3 Å². The van der Waals surface area contributed by atoms with Gasteiger partial charge in [0, 0.05) is 28.4 Å². The van der Waals surface area contributed by atoms with Gasteiger partial charge in [-0.1, -0.05) is 12.1 Å². The zero-order valence-corrected chi connectivity index (χ0v) is 13.3. The molecule has 0 bridgehead atoms. The minimum Gasteiger partial charge on any atom is -0.426 e. The number of carbonyl (C=O) groups excluding carboxylic acids is 1. The highest BCUT2D eigenvalue weighted by Gasteiger charge is 2.08. The van der Waals surface area contributed by atoms with E-state index < -0.39 is 0 Å². The van der Waals surface area contributed by atoms with Gasteiger partial charge in [-0.05, 0) is 30.5 Å². The molecule has 0 radical (unpaired) electrons. The van der Waals surface area contributed by atoms with Gasteiger partial charge < -0.3 is 10.1 Å². The zero-order valence-electron chi connectivity index (χ0n) is 12.5. The standard InChI is InChI=1S/C17H15N3O2S/c1-12-8-16(19-11-18-12)20-13-4-2-5-14(9-13)22-17(21)10-15-6-3-7-23-15/h2-9,11H,10H2,1H3,(H,18,19,20). The molecule has 0 amide bonds. The summed E-state index contributed by atoms with van der Waals surface area (Å²) in [5.74, 6) is 0.921. The molecule has 3 rings (SSSR count). The number of ether oxygens (including phenoxy) is 1. The molecule has 2 heterocycles. The minimum atomic E-state index is -0.275. The molecule has 0 atom stereocenters. The molecule has 0 saturated carbocycles. The second-order valence-electron chi connectivity index (χ2n) is 4.93. The van der Waals surface area contributed by atoms with Gasteiger partial charge in [0.15, 0.2) is 0 Å². The Hall–Kier alpha value is -2.73. The molecule has 2 aromatic heterocycles. The number of thiophene rings is 1. The molecule has 0 saturated heterocycles. The second-order valence-corrected chi connectivity index (χ2v) is 5.96. The summed E-state index contributed by atoms with van der Waals surface area (Å²) >= 11 is 1.54. The summed E-state index contributed by atoms with van der Waals surface area (Å²) in [5.41, 5.74) is 1.67. The van der Waals surface area contributed by atoms with Crippen LogP contribution in [0.2, 0.25) is 0 Å². The number of anilines is 2. The van der Waals surface area contributed by atoms with Gasteiger partial charge in [0.2, 0.25) is 0 Å². The Bertz CT molecular complexity index is 803. The van der Waals surface area contributed by atoms with Crippen molar-refractivity contribution in [1.82, 2.24) is 9.97 Å². The van der Waals surface area contributed by atoms with E-state index in [9.17, 15) is 4.79 Å². The summed E-state index contributed by atoms with van der Waals surface area (Å²) in [6, 6.07) is 12.9. The Kier molecular flexibility index (Phi) is 4.63. The van der Waals surface area contributed by atoms with Crippen molar-refractivity contribution in [3.63, 3.8) is 0 Å². The van der Waals surface area contributed by atoms with Crippen LogP contribution < -0.4 is 10.1 Å². The summed E-state index contributed by atoms with van der Waals surface area (Å²) < 4.78 is 5.38. The molecule has 1 N–H and O–H groups in total. The van der Waals surface area contributed by atoms with Crippen LogP contribution in [-0.2, 0) is 11.2 Å². The van der Waals surface area contributed by atoms with Gasteiger partial charge in [-0.25, -0.2) is 9.97 Å². The van der Waals surface area contributed by atoms with Crippen LogP contribution in [0, 0.1) is 6.92 Å². The first-order valence-corrected chi connectivity index (χ1v) is 7.96. The number of benzene rings is 1. The van der Waals surface area contributed by atoms with E-state index in [4.69, 9.17) is 4.74 Å². The number of nitrogens with zero attached hydrogens (tertiary/aromatic N) is 2. The van der Waals surface area contributed by atoms with Gasteiger partial charge >= 0.3 is 5.97 Å². The first-order chi connectivity index (χ1) is 11.2. The number of hydrogen-bond acceptors (Lipinski definition) is 6. The maximum absolute atomic E-state index is 11.9. The fourth-order valence-electron chi connectivity index (χ4n) is 2.03. The maximum atomic E-state index is 11.9. The predicted octanol–water partition coefficient (Wildman–Crippen LogP) is 3.74. The number of rotatable bonds is 5. The Morgan fingerprint density at radius 1 is 1.22 bits per heavy atom. The fourth-order valence-corrected chi connectivity index (χ4v) is 2.72. The maximum Gasteiger partial charge on any atom is 0.316 e. The molecule has 23 heavy (non-hydrogen) atoms.